The predicted octanol–water partition coefficient (Wildman–Crippen LogP) is 2.86. The lowest BCUT2D eigenvalue weighted by Crippen LogP contribution is -2.26. The molecule has 0 aliphatic carbocycles. The second-order valence-corrected chi connectivity index (χ2v) is 5.47. The summed E-state index contributed by atoms with van der Waals surface area (Å²) in [7, 11) is 0. The Morgan fingerprint density at radius 1 is 1.24 bits per heavy atom. The van der Waals surface area contributed by atoms with Crippen LogP contribution in [0.15, 0.2) is 12.4 Å². The van der Waals surface area contributed by atoms with Crippen LogP contribution >= 0.6 is 11.6 Å². The van der Waals surface area contributed by atoms with E-state index in [1.54, 1.807) is 0 Å². The van der Waals surface area contributed by atoms with E-state index in [9.17, 15) is 0 Å². The van der Waals surface area contributed by atoms with Crippen LogP contribution < -0.4 is 5.32 Å². The van der Waals surface area contributed by atoms with Crippen molar-refractivity contribution in [2.24, 2.45) is 0 Å². The van der Waals surface area contributed by atoms with Gasteiger partial charge in [0.05, 0.1) is 22.5 Å². The second kappa shape index (κ2) is 7.00. The Morgan fingerprint density at radius 2 is 1.90 bits per heavy atom. The van der Waals surface area contributed by atoms with E-state index in [-0.39, 0.29) is 6.04 Å². The van der Waals surface area contributed by atoms with Crippen molar-refractivity contribution < 1.29 is 0 Å². The van der Waals surface area contributed by atoms with Gasteiger partial charge in [0.15, 0.2) is 0 Å². The maximum absolute atomic E-state index is 6.40. The summed E-state index contributed by atoms with van der Waals surface area (Å²) in [6, 6.07) is 0.0366. The monoisotopic (exact) mass is 307 g/mol. The summed E-state index contributed by atoms with van der Waals surface area (Å²) in [5.41, 5.74) is 2.96. The second-order valence-electron chi connectivity index (χ2n) is 5.09. The molecule has 21 heavy (non-hydrogen) atoms. The summed E-state index contributed by atoms with van der Waals surface area (Å²) in [5, 5.41) is 8.64. The highest BCUT2D eigenvalue weighted by Gasteiger charge is 2.20. The average Bonchev–Trinajstić information content (AvgIpc) is 2.75. The molecule has 1 N–H and O–H groups in total. The third kappa shape index (κ3) is 3.60. The molecule has 0 aliphatic heterocycles. The van der Waals surface area contributed by atoms with Crippen LogP contribution in [0, 0.1) is 13.8 Å². The van der Waals surface area contributed by atoms with Crippen molar-refractivity contribution in [3.05, 3.63) is 40.2 Å². The molecule has 2 aromatic rings. The SMILES string of the molecule is CCNC(Cc1c(Cl)c(C)nn1CC)c1ncc(C)cn1. The number of halogens is 1. The molecular formula is C15H22ClN5. The quantitative estimate of drug-likeness (QED) is 0.891. The lowest BCUT2D eigenvalue weighted by atomic mass is 10.1. The van der Waals surface area contributed by atoms with Crippen molar-refractivity contribution in [2.75, 3.05) is 6.54 Å². The first-order valence-corrected chi connectivity index (χ1v) is 7.68. The highest BCUT2D eigenvalue weighted by atomic mass is 35.5. The van der Waals surface area contributed by atoms with Gasteiger partial charge in [-0.2, -0.15) is 5.10 Å². The minimum atomic E-state index is 0.0366. The molecule has 1 atom stereocenters. The molecule has 0 aliphatic rings. The molecule has 1 unspecified atom stereocenters. The van der Waals surface area contributed by atoms with Gasteiger partial charge in [-0.15, -0.1) is 0 Å². The molecule has 0 saturated carbocycles. The van der Waals surface area contributed by atoms with Gasteiger partial charge in [-0.05, 0) is 32.9 Å². The van der Waals surface area contributed by atoms with Gasteiger partial charge in [0.2, 0.25) is 0 Å². The molecule has 5 nitrogen and oxygen atoms in total. The maximum atomic E-state index is 6.40. The van der Waals surface area contributed by atoms with Crippen molar-refractivity contribution in [1.82, 2.24) is 25.1 Å². The maximum Gasteiger partial charge on any atom is 0.145 e. The molecule has 0 bridgehead atoms. The zero-order chi connectivity index (χ0) is 15.4. The Balaban J connectivity index is 2.30. The van der Waals surface area contributed by atoms with Crippen molar-refractivity contribution in [3.63, 3.8) is 0 Å². The van der Waals surface area contributed by atoms with E-state index < -0.39 is 0 Å². The number of hydrogen-bond donors (Lipinski definition) is 1. The number of nitrogens with one attached hydrogen (secondary N) is 1. The first-order chi connectivity index (χ1) is 10.1. The van der Waals surface area contributed by atoms with E-state index in [4.69, 9.17) is 11.6 Å². The first-order valence-electron chi connectivity index (χ1n) is 7.30. The fourth-order valence-electron chi connectivity index (χ4n) is 2.34. The summed E-state index contributed by atoms with van der Waals surface area (Å²) in [5.74, 6) is 0.792. The molecule has 2 aromatic heterocycles. The molecule has 114 valence electrons. The van der Waals surface area contributed by atoms with Crippen LogP contribution in [0.2, 0.25) is 5.02 Å². The molecule has 0 fully saturated rings. The zero-order valence-corrected chi connectivity index (χ0v) is 13.8. The third-order valence-corrected chi connectivity index (χ3v) is 3.91. The van der Waals surface area contributed by atoms with E-state index in [1.807, 2.05) is 30.9 Å². The topological polar surface area (TPSA) is 55.6 Å². The van der Waals surface area contributed by atoms with Crippen LogP contribution in [0.25, 0.3) is 0 Å². The Bertz CT molecular complexity index is 591. The van der Waals surface area contributed by atoms with Gasteiger partial charge < -0.3 is 5.32 Å². The van der Waals surface area contributed by atoms with Crippen LogP contribution in [0.1, 0.15) is 42.7 Å². The number of likely N-dealkylation sites (N-methyl/N-ethyl adjacent to an activating group) is 1. The molecule has 0 amide bonds. The molecule has 0 aromatic carbocycles. The summed E-state index contributed by atoms with van der Waals surface area (Å²) < 4.78 is 1.95. The fraction of sp³-hybridized carbons (Fsp3) is 0.533. The van der Waals surface area contributed by atoms with E-state index in [0.29, 0.717) is 0 Å². The zero-order valence-electron chi connectivity index (χ0n) is 13.0. The van der Waals surface area contributed by atoms with Crippen LogP contribution in [-0.4, -0.2) is 26.3 Å². The van der Waals surface area contributed by atoms with E-state index in [1.165, 1.54) is 0 Å². The highest BCUT2D eigenvalue weighted by Crippen LogP contribution is 2.25. The van der Waals surface area contributed by atoms with Crippen LogP contribution in [0.3, 0.4) is 0 Å². The molecule has 0 radical (unpaired) electrons. The van der Waals surface area contributed by atoms with Crippen molar-refractivity contribution in [3.8, 4) is 0 Å². The van der Waals surface area contributed by atoms with Gasteiger partial charge in [-0.25, -0.2) is 9.97 Å². The fourth-order valence-corrected chi connectivity index (χ4v) is 2.55. The Hall–Kier alpha value is -1.46. The molecule has 6 heteroatoms. The van der Waals surface area contributed by atoms with E-state index in [2.05, 4.69) is 34.2 Å². The molecule has 0 spiro atoms. The van der Waals surface area contributed by atoms with Crippen LogP contribution in [-0.2, 0) is 13.0 Å². The highest BCUT2D eigenvalue weighted by molar-refractivity contribution is 6.31. The number of hydrogen-bond acceptors (Lipinski definition) is 4. The third-order valence-electron chi connectivity index (χ3n) is 3.41. The normalized spacial score (nSPS) is 12.6. The minimum absolute atomic E-state index is 0.0366. The predicted molar refractivity (Wildman–Crippen MR) is 84.5 cm³/mol. The van der Waals surface area contributed by atoms with Crippen molar-refractivity contribution in [1.29, 1.82) is 0 Å². The first kappa shape index (κ1) is 15.9. The minimum Gasteiger partial charge on any atom is -0.307 e. The van der Waals surface area contributed by atoms with Gasteiger partial charge in [-0.3, -0.25) is 4.68 Å². The van der Waals surface area contributed by atoms with Gasteiger partial charge in [0.1, 0.15) is 5.82 Å². The van der Waals surface area contributed by atoms with Gasteiger partial charge in [-0.1, -0.05) is 18.5 Å². The van der Waals surface area contributed by atoms with Crippen LogP contribution in [0.5, 0.6) is 0 Å². The smallest absolute Gasteiger partial charge is 0.145 e. The molecule has 2 rings (SSSR count). The summed E-state index contributed by atoms with van der Waals surface area (Å²) in [6.07, 6.45) is 4.41. The number of rotatable bonds is 6. The van der Waals surface area contributed by atoms with Gasteiger partial charge in [0.25, 0.3) is 0 Å². The number of aromatic nitrogens is 4. The molecular weight excluding hydrogens is 286 g/mol. The Kier molecular flexibility index (Phi) is 5.31. The summed E-state index contributed by atoms with van der Waals surface area (Å²) in [4.78, 5) is 8.88. The summed E-state index contributed by atoms with van der Waals surface area (Å²) in [6.45, 7) is 9.71. The van der Waals surface area contributed by atoms with Crippen LogP contribution in [0.4, 0.5) is 0 Å². The Morgan fingerprint density at radius 3 is 2.48 bits per heavy atom. The average molecular weight is 308 g/mol. The van der Waals surface area contributed by atoms with E-state index >= 15 is 0 Å². The lowest BCUT2D eigenvalue weighted by Gasteiger charge is -2.17. The largest absolute Gasteiger partial charge is 0.307 e. The summed E-state index contributed by atoms with van der Waals surface area (Å²) >= 11 is 6.40. The number of nitrogens with zero attached hydrogens (tertiary/aromatic N) is 4. The molecule has 0 saturated heterocycles. The Labute approximate surface area is 130 Å². The van der Waals surface area contributed by atoms with Gasteiger partial charge >= 0.3 is 0 Å². The van der Waals surface area contributed by atoms with E-state index in [0.717, 1.165) is 47.3 Å². The van der Waals surface area contributed by atoms with Gasteiger partial charge in [0, 0.05) is 25.4 Å². The lowest BCUT2D eigenvalue weighted by molar-refractivity contribution is 0.495. The standard InChI is InChI=1S/C15H22ClN5/c1-5-17-12(15-18-8-10(3)9-19-15)7-13-14(16)11(4)20-21(13)6-2/h8-9,12,17H,5-7H2,1-4H3. The molecule has 2 heterocycles. The number of aryl methyl sites for hydroxylation is 3. The van der Waals surface area contributed by atoms with Crippen molar-refractivity contribution >= 4 is 11.6 Å². The van der Waals surface area contributed by atoms with Crippen molar-refractivity contribution in [2.45, 2.75) is 46.7 Å².